The molecule has 0 amide bonds. The normalized spacial score (nSPS) is 23.6. The Labute approximate surface area is 99.0 Å². The summed E-state index contributed by atoms with van der Waals surface area (Å²) < 4.78 is 5.00. The van der Waals surface area contributed by atoms with Crippen molar-refractivity contribution < 1.29 is 19.7 Å². The number of benzene rings is 1. The molecular formula is C12H15NO4. The molecule has 1 aliphatic rings. The minimum absolute atomic E-state index is 0.109. The van der Waals surface area contributed by atoms with Crippen LogP contribution in [0.15, 0.2) is 18.2 Å². The molecule has 17 heavy (non-hydrogen) atoms. The summed E-state index contributed by atoms with van der Waals surface area (Å²) in [5.74, 6) is -0.471. The number of aliphatic carboxylic acids is 1. The zero-order valence-electron chi connectivity index (χ0n) is 9.51. The van der Waals surface area contributed by atoms with Crippen LogP contribution >= 0.6 is 0 Å². The third-order valence-electron chi connectivity index (χ3n) is 3.09. The van der Waals surface area contributed by atoms with Gasteiger partial charge < -0.3 is 20.3 Å². The van der Waals surface area contributed by atoms with Crippen LogP contribution in [-0.4, -0.2) is 29.8 Å². The molecule has 2 atom stereocenters. The van der Waals surface area contributed by atoms with Gasteiger partial charge in [0.05, 0.1) is 13.0 Å². The zero-order valence-corrected chi connectivity index (χ0v) is 9.51. The number of methoxy groups -OCH3 is 1. The molecule has 3 N–H and O–H groups in total. The van der Waals surface area contributed by atoms with Gasteiger partial charge >= 0.3 is 5.97 Å². The lowest BCUT2D eigenvalue weighted by atomic mass is 9.99. The Hall–Kier alpha value is -1.75. The zero-order chi connectivity index (χ0) is 12.4. The van der Waals surface area contributed by atoms with Crippen molar-refractivity contribution in [2.45, 2.75) is 12.5 Å². The molecule has 1 saturated heterocycles. The lowest BCUT2D eigenvalue weighted by Gasteiger charge is -2.13. The predicted molar refractivity (Wildman–Crippen MR) is 61.1 cm³/mol. The number of phenolic OH excluding ortho intramolecular Hbond substituents is 1. The van der Waals surface area contributed by atoms with E-state index in [1.165, 1.54) is 13.2 Å². The first-order valence-electron chi connectivity index (χ1n) is 5.45. The molecule has 5 heteroatoms. The summed E-state index contributed by atoms with van der Waals surface area (Å²) in [5.41, 5.74) is 0.717. The topological polar surface area (TPSA) is 78.8 Å². The fourth-order valence-electron chi connectivity index (χ4n) is 2.11. The van der Waals surface area contributed by atoms with E-state index in [4.69, 9.17) is 9.84 Å². The highest BCUT2D eigenvalue weighted by Gasteiger charge is 2.31. The minimum atomic E-state index is -0.798. The number of nitrogens with one attached hydrogen (secondary N) is 1. The van der Waals surface area contributed by atoms with Gasteiger partial charge in [-0.15, -0.1) is 0 Å². The van der Waals surface area contributed by atoms with E-state index in [-0.39, 0.29) is 17.7 Å². The highest BCUT2D eigenvalue weighted by Crippen LogP contribution is 2.34. The Kier molecular flexibility index (Phi) is 3.19. The van der Waals surface area contributed by atoms with Gasteiger partial charge in [-0.25, -0.2) is 0 Å². The van der Waals surface area contributed by atoms with Gasteiger partial charge in [0.2, 0.25) is 0 Å². The van der Waals surface area contributed by atoms with Gasteiger partial charge in [-0.2, -0.15) is 0 Å². The molecule has 0 radical (unpaired) electrons. The second kappa shape index (κ2) is 4.63. The van der Waals surface area contributed by atoms with Crippen molar-refractivity contribution in [3.05, 3.63) is 23.8 Å². The van der Waals surface area contributed by atoms with Gasteiger partial charge in [0.1, 0.15) is 11.5 Å². The maximum Gasteiger partial charge on any atom is 0.307 e. The van der Waals surface area contributed by atoms with Crippen LogP contribution in [-0.2, 0) is 4.79 Å². The van der Waals surface area contributed by atoms with E-state index in [1.54, 1.807) is 12.1 Å². The standard InChI is InChI=1S/C12H15NO4/c1-17-8-2-3-9(11(14)5-8)10-4-7(6-13-10)12(15)16/h2-3,5,7,10,13-14H,4,6H2,1H3,(H,15,16). The molecule has 1 heterocycles. The maximum atomic E-state index is 10.8. The third kappa shape index (κ3) is 2.34. The number of rotatable bonds is 3. The summed E-state index contributed by atoms with van der Waals surface area (Å²) in [5, 5.41) is 21.8. The van der Waals surface area contributed by atoms with E-state index in [2.05, 4.69) is 5.32 Å². The Morgan fingerprint density at radius 1 is 1.53 bits per heavy atom. The number of carboxylic acid groups (broad SMARTS) is 1. The first-order chi connectivity index (χ1) is 8.11. The monoisotopic (exact) mass is 237 g/mol. The van der Waals surface area contributed by atoms with Crippen molar-refractivity contribution in [1.82, 2.24) is 5.32 Å². The first-order valence-corrected chi connectivity index (χ1v) is 5.45. The Bertz CT molecular complexity index is 433. The molecule has 2 rings (SSSR count). The first kappa shape index (κ1) is 11.7. The molecule has 1 aromatic carbocycles. The van der Waals surface area contributed by atoms with E-state index < -0.39 is 5.97 Å². The molecule has 2 unspecified atom stereocenters. The molecule has 1 fully saturated rings. The largest absolute Gasteiger partial charge is 0.507 e. The lowest BCUT2D eigenvalue weighted by molar-refractivity contribution is -0.141. The van der Waals surface area contributed by atoms with Crippen LogP contribution < -0.4 is 10.1 Å². The van der Waals surface area contributed by atoms with Gasteiger partial charge in [0.15, 0.2) is 0 Å². The molecule has 0 bridgehead atoms. The molecule has 0 aromatic heterocycles. The molecular weight excluding hydrogens is 222 g/mol. The number of phenols is 1. The van der Waals surface area contributed by atoms with E-state index in [0.29, 0.717) is 18.7 Å². The van der Waals surface area contributed by atoms with E-state index in [0.717, 1.165) is 5.56 Å². The molecule has 1 aromatic rings. The van der Waals surface area contributed by atoms with Crippen LogP contribution in [0.1, 0.15) is 18.0 Å². The highest BCUT2D eigenvalue weighted by atomic mass is 16.5. The van der Waals surface area contributed by atoms with Gasteiger partial charge in [0, 0.05) is 24.2 Å². The minimum Gasteiger partial charge on any atom is -0.507 e. The van der Waals surface area contributed by atoms with Crippen LogP contribution in [0.5, 0.6) is 11.5 Å². The number of hydrogen-bond donors (Lipinski definition) is 3. The lowest BCUT2D eigenvalue weighted by Crippen LogP contribution is -2.17. The average Bonchev–Trinajstić information content (AvgIpc) is 2.78. The number of carbonyl (C=O) groups is 1. The van der Waals surface area contributed by atoms with Crippen molar-refractivity contribution in [3.8, 4) is 11.5 Å². The van der Waals surface area contributed by atoms with Crippen molar-refractivity contribution >= 4 is 5.97 Å². The van der Waals surface area contributed by atoms with Gasteiger partial charge in [-0.3, -0.25) is 4.79 Å². The maximum absolute atomic E-state index is 10.8. The third-order valence-corrected chi connectivity index (χ3v) is 3.09. The van der Waals surface area contributed by atoms with Gasteiger partial charge in [-0.1, -0.05) is 6.07 Å². The van der Waals surface area contributed by atoms with E-state index in [1.807, 2.05) is 0 Å². The second-order valence-electron chi connectivity index (χ2n) is 4.16. The average molecular weight is 237 g/mol. The summed E-state index contributed by atoms with van der Waals surface area (Å²) in [6, 6.07) is 4.94. The SMILES string of the molecule is COc1ccc(C2CC(C(=O)O)CN2)c(O)c1. The predicted octanol–water partition coefficient (Wildman–Crippen LogP) is 1.14. The molecule has 1 aliphatic heterocycles. The van der Waals surface area contributed by atoms with Crippen LogP contribution in [0.25, 0.3) is 0 Å². The van der Waals surface area contributed by atoms with Crippen molar-refractivity contribution in [3.63, 3.8) is 0 Å². The Morgan fingerprint density at radius 2 is 2.29 bits per heavy atom. The van der Waals surface area contributed by atoms with Crippen molar-refractivity contribution in [1.29, 1.82) is 0 Å². The van der Waals surface area contributed by atoms with Crippen LogP contribution in [0.3, 0.4) is 0 Å². The quantitative estimate of drug-likeness (QED) is 0.734. The number of hydrogen-bond acceptors (Lipinski definition) is 4. The molecule has 5 nitrogen and oxygen atoms in total. The van der Waals surface area contributed by atoms with Crippen LogP contribution in [0.4, 0.5) is 0 Å². The van der Waals surface area contributed by atoms with E-state index in [9.17, 15) is 9.90 Å². The van der Waals surface area contributed by atoms with E-state index >= 15 is 0 Å². The summed E-state index contributed by atoms with van der Waals surface area (Å²) >= 11 is 0. The fraction of sp³-hybridized carbons (Fsp3) is 0.417. The summed E-state index contributed by atoms with van der Waals surface area (Å²) in [6.07, 6.45) is 0.495. The van der Waals surface area contributed by atoms with Crippen molar-refractivity contribution in [2.75, 3.05) is 13.7 Å². The Morgan fingerprint density at radius 3 is 2.82 bits per heavy atom. The molecule has 0 aliphatic carbocycles. The number of ether oxygens (including phenoxy) is 1. The molecule has 0 saturated carbocycles. The number of carboxylic acids is 1. The summed E-state index contributed by atoms with van der Waals surface area (Å²) in [6.45, 7) is 0.436. The molecule has 0 spiro atoms. The fourth-order valence-corrected chi connectivity index (χ4v) is 2.11. The highest BCUT2D eigenvalue weighted by molar-refractivity contribution is 5.71. The van der Waals surface area contributed by atoms with Gasteiger partial charge in [-0.05, 0) is 12.5 Å². The smallest absolute Gasteiger partial charge is 0.307 e. The van der Waals surface area contributed by atoms with Crippen LogP contribution in [0.2, 0.25) is 0 Å². The summed E-state index contributed by atoms with van der Waals surface area (Å²) in [7, 11) is 1.53. The summed E-state index contributed by atoms with van der Waals surface area (Å²) in [4.78, 5) is 10.8. The van der Waals surface area contributed by atoms with Crippen molar-refractivity contribution in [2.24, 2.45) is 5.92 Å². The number of aromatic hydroxyl groups is 1. The second-order valence-corrected chi connectivity index (χ2v) is 4.16. The Balaban J connectivity index is 2.16. The molecule has 92 valence electrons. The van der Waals surface area contributed by atoms with Crippen LogP contribution in [0, 0.1) is 5.92 Å². The van der Waals surface area contributed by atoms with Gasteiger partial charge in [0.25, 0.3) is 0 Å².